The second-order valence-corrected chi connectivity index (χ2v) is 9.38. The smallest absolute Gasteiger partial charge is 0.210 e. The minimum absolute atomic E-state index is 0.178. The molecule has 7 heteroatoms. The molecule has 1 N–H and O–H groups in total. The third-order valence-corrected chi connectivity index (χ3v) is 6.65. The molecule has 0 spiro atoms. The summed E-state index contributed by atoms with van der Waals surface area (Å²) in [6, 6.07) is 13.7. The largest absolute Gasteiger partial charge is 0.330 e. The first-order valence-electron chi connectivity index (χ1n) is 8.61. The number of anilines is 2. The normalized spacial score (nSPS) is 10.8. The number of Topliss-reactive ketones (excluding diaryl/α,β-unsaturated/α-hetero) is 1. The number of thioether (sulfide) groups is 1. The Balaban J connectivity index is 1.47. The number of aryl methyl sites for hydroxylation is 2. The van der Waals surface area contributed by atoms with Crippen LogP contribution in [-0.2, 0) is 0 Å². The summed E-state index contributed by atoms with van der Waals surface area (Å²) in [5.74, 6) is 1.03. The van der Waals surface area contributed by atoms with Crippen molar-refractivity contribution in [3.8, 4) is 0 Å². The Morgan fingerprint density at radius 1 is 1.11 bits per heavy atom. The van der Waals surface area contributed by atoms with Gasteiger partial charge in [-0.05, 0) is 43.5 Å². The van der Waals surface area contributed by atoms with Gasteiger partial charge in [0, 0.05) is 27.9 Å². The molecule has 3 aromatic rings. The number of nitrogens with one attached hydrogen (secondary N) is 1. The molecule has 3 rings (SSSR count). The Morgan fingerprint density at radius 2 is 1.81 bits per heavy atom. The molecule has 0 amide bonds. The standard InChI is InChI=1S/C20H20BrN3OS2/c1-13-5-3-6-14(2)18(13)22-19-23-24-20(27-19)26-12-4-7-17(25)15-8-10-16(21)11-9-15/h3,5-6,8-11H,4,7,12H2,1-2H3,(H,22,23). The van der Waals surface area contributed by atoms with Gasteiger partial charge < -0.3 is 5.32 Å². The van der Waals surface area contributed by atoms with Crippen molar-refractivity contribution in [3.05, 3.63) is 63.6 Å². The van der Waals surface area contributed by atoms with Gasteiger partial charge in [0.25, 0.3) is 0 Å². The number of benzene rings is 2. The molecule has 1 heterocycles. The average Bonchev–Trinajstić information content (AvgIpc) is 3.10. The highest BCUT2D eigenvalue weighted by atomic mass is 79.9. The number of hydrogen-bond donors (Lipinski definition) is 1. The minimum atomic E-state index is 0.178. The van der Waals surface area contributed by atoms with Gasteiger partial charge in [0.15, 0.2) is 10.1 Å². The number of nitrogens with zero attached hydrogens (tertiary/aromatic N) is 2. The Labute approximate surface area is 175 Å². The summed E-state index contributed by atoms with van der Waals surface area (Å²) >= 11 is 6.57. The van der Waals surface area contributed by atoms with E-state index in [9.17, 15) is 4.79 Å². The van der Waals surface area contributed by atoms with Gasteiger partial charge in [0.05, 0.1) is 0 Å². The van der Waals surface area contributed by atoms with Gasteiger partial charge in [-0.15, -0.1) is 10.2 Å². The topological polar surface area (TPSA) is 54.9 Å². The number of carbonyl (C=O) groups excluding carboxylic acids is 1. The lowest BCUT2D eigenvalue weighted by molar-refractivity contribution is 0.0982. The lowest BCUT2D eigenvalue weighted by atomic mass is 10.1. The first kappa shape index (κ1) is 20.0. The number of carbonyl (C=O) groups is 1. The van der Waals surface area contributed by atoms with Crippen LogP contribution in [0.1, 0.15) is 34.3 Å². The molecule has 1 aromatic heterocycles. The van der Waals surface area contributed by atoms with Crippen LogP contribution in [-0.4, -0.2) is 21.7 Å². The van der Waals surface area contributed by atoms with Crippen LogP contribution in [0.5, 0.6) is 0 Å². The lowest BCUT2D eigenvalue weighted by Crippen LogP contribution is -1.99. The van der Waals surface area contributed by atoms with Crippen LogP contribution < -0.4 is 5.32 Å². The average molecular weight is 462 g/mol. The molecule has 0 saturated carbocycles. The fourth-order valence-corrected chi connectivity index (χ4v) is 4.64. The predicted molar refractivity (Wildman–Crippen MR) is 118 cm³/mol. The second-order valence-electron chi connectivity index (χ2n) is 6.15. The fourth-order valence-electron chi connectivity index (χ4n) is 2.61. The van der Waals surface area contributed by atoms with Gasteiger partial charge in [-0.3, -0.25) is 4.79 Å². The number of aromatic nitrogens is 2. The summed E-state index contributed by atoms with van der Waals surface area (Å²) in [5, 5.41) is 12.6. The molecule has 140 valence electrons. The number of hydrogen-bond acceptors (Lipinski definition) is 6. The number of ketones is 1. The van der Waals surface area contributed by atoms with Gasteiger partial charge in [0.1, 0.15) is 0 Å². The molecule has 0 aliphatic carbocycles. The van der Waals surface area contributed by atoms with Crippen LogP contribution in [0.3, 0.4) is 0 Å². The maximum absolute atomic E-state index is 12.2. The highest BCUT2D eigenvalue weighted by Crippen LogP contribution is 2.30. The first-order chi connectivity index (χ1) is 13.0. The van der Waals surface area contributed by atoms with Crippen LogP contribution in [0, 0.1) is 13.8 Å². The summed E-state index contributed by atoms with van der Waals surface area (Å²) in [6.45, 7) is 4.16. The summed E-state index contributed by atoms with van der Waals surface area (Å²) in [6.07, 6.45) is 1.36. The summed E-state index contributed by atoms with van der Waals surface area (Å²) in [5.41, 5.74) is 4.22. The van der Waals surface area contributed by atoms with E-state index in [-0.39, 0.29) is 5.78 Å². The van der Waals surface area contributed by atoms with E-state index < -0.39 is 0 Å². The van der Waals surface area contributed by atoms with E-state index in [1.54, 1.807) is 23.1 Å². The molecule has 0 radical (unpaired) electrons. The van der Waals surface area contributed by atoms with Crippen molar-refractivity contribution in [2.45, 2.75) is 31.0 Å². The first-order valence-corrected chi connectivity index (χ1v) is 11.2. The molecule has 0 saturated heterocycles. The Hall–Kier alpha value is -1.70. The van der Waals surface area contributed by atoms with Crippen molar-refractivity contribution in [1.29, 1.82) is 0 Å². The van der Waals surface area contributed by atoms with Gasteiger partial charge in [-0.2, -0.15) is 0 Å². The molecule has 0 bridgehead atoms. The van der Waals surface area contributed by atoms with Crippen molar-refractivity contribution < 1.29 is 4.79 Å². The number of halogens is 1. The van der Waals surface area contributed by atoms with Crippen LogP contribution in [0.4, 0.5) is 10.8 Å². The third-order valence-electron chi connectivity index (χ3n) is 4.06. The van der Waals surface area contributed by atoms with Crippen LogP contribution in [0.25, 0.3) is 0 Å². The van der Waals surface area contributed by atoms with Gasteiger partial charge in [-0.1, -0.05) is 69.4 Å². The van der Waals surface area contributed by atoms with Crippen molar-refractivity contribution in [1.82, 2.24) is 10.2 Å². The number of para-hydroxylation sites is 1. The van der Waals surface area contributed by atoms with Crippen molar-refractivity contribution in [2.24, 2.45) is 0 Å². The molecule has 0 aliphatic rings. The van der Waals surface area contributed by atoms with E-state index in [1.807, 2.05) is 30.3 Å². The monoisotopic (exact) mass is 461 g/mol. The molecular weight excluding hydrogens is 442 g/mol. The van der Waals surface area contributed by atoms with Crippen molar-refractivity contribution in [3.63, 3.8) is 0 Å². The molecule has 0 atom stereocenters. The summed E-state index contributed by atoms with van der Waals surface area (Å²) in [4.78, 5) is 12.2. The van der Waals surface area contributed by atoms with E-state index in [0.717, 1.165) is 37.4 Å². The third kappa shape index (κ3) is 5.64. The highest BCUT2D eigenvalue weighted by Gasteiger charge is 2.09. The molecule has 0 aliphatic heterocycles. The van der Waals surface area contributed by atoms with Crippen LogP contribution in [0.2, 0.25) is 0 Å². The molecule has 27 heavy (non-hydrogen) atoms. The van der Waals surface area contributed by atoms with Crippen LogP contribution in [0.15, 0.2) is 51.3 Å². The van der Waals surface area contributed by atoms with E-state index in [0.29, 0.717) is 6.42 Å². The zero-order chi connectivity index (χ0) is 19.2. The predicted octanol–water partition coefficient (Wildman–Crippen LogP) is 6.42. The summed E-state index contributed by atoms with van der Waals surface area (Å²) in [7, 11) is 0. The fraction of sp³-hybridized carbons (Fsp3) is 0.250. The van der Waals surface area contributed by atoms with Crippen molar-refractivity contribution in [2.75, 3.05) is 11.1 Å². The molecule has 4 nitrogen and oxygen atoms in total. The minimum Gasteiger partial charge on any atom is -0.330 e. The number of rotatable bonds is 8. The van der Waals surface area contributed by atoms with E-state index in [2.05, 4.69) is 57.4 Å². The highest BCUT2D eigenvalue weighted by molar-refractivity contribution is 9.10. The van der Waals surface area contributed by atoms with Gasteiger partial charge in [-0.25, -0.2) is 0 Å². The zero-order valence-corrected chi connectivity index (χ0v) is 18.4. The Morgan fingerprint density at radius 3 is 2.52 bits per heavy atom. The van der Waals surface area contributed by atoms with Crippen LogP contribution >= 0.6 is 39.0 Å². The Kier molecular flexibility index (Phi) is 7.04. The molecular formula is C20H20BrN3OS2. The lowest BCUT2D eigenvalue weighted by Gasteiger charge is -2.09. The van der Waals surface area contributed by atoms with Gasteiger partial charge in [0.2, 0.25) is 5.13 Å². The zero-order valence-electron chi connectivity index (χ0n) is 15.2. The SMILES string of the molecule is Cc1cccc(C)c1Nc1nnc(SCCCC(=O)c2ccc(Br)cc2)s1. The van der Waals surface area contributed by atoms with Crippen molar-refractivity contribution >= 4 is 55.6 Å². The Bertz CT molecular complexity index is 905. The maximum atomic E-state index is 12.2. The summed E-state index contributed by atoms with van der Waals surface area (Å²) < 4.78 is 1.90. The van der Waals surface area contributed by atoms with E-state index in [4.69, 9.17) is 0 Å². The molecule has 0 fully saturated rings. The molecule has 2 aromatic carbocycles. The van der Waals surface area contributed by atoms with E-state index >= 15 is 0 Å². The maximum Gasteiger partial charge on any atom is 0.210 e. The quantitative estimate of drug-likeness (QED) is 0.238. The van der Waals surface area contributed by atoms with E-state index in [1.165, 1.54) is 11.1 Å². The second kappa shape index (κ2) is 9.48. The molecule has 0 unspecified atom stereocenters. The van der Waals surface area contributed by atoms with Gasteiger partial charge >= 0.3 is 0 Å².